The van der Waals surface area contributed by atoms with Crippen LogP contribution in [0.1, 0.15) is 27.7 Å². The summed E-state index contributed by atoms with van der Waals surface area (Å²) in [5, 5.41) is 4.99. The van der Waals surface area contributed by atoms with Gasteiger partial charge >= 0.3 is 7.12 Å². The molecule has 3 heteroatoms. The maximum atomic E-state index is 6.32. The summed E-state index contributed by atoms with van der Waals surface area (Å²) >= 11 is 0. The maximum absolute atomic E-state index is 6.32. The van der Waals surface area contributed by atoms with E-state index >= 15 is 0 Å². The highest BCUT2D eigenvalue weighted by Crippen LogP contribution is 2.37. The van der Waals surface area contributed by atoms with Gasteiger partial charge < -0.3 is 9.31 Å². The van der Waals surface area contributed by atoms with Crippen LogP contribution < -0.4 is 5.46 Å². The average Bonchev–Trinajstić information content (AvgIpc) is 3.09. The van der Waals surface area contributed by atoms with Crippen molar-refractivity contribution in [2.24, 2.45) is 0 Å². The molecule has 2 nitrogen and oxygen atoms in total. The van der Waals surface area contributed by atoms with Gasteiger partial charge in [-0.2, -0.15) is 0 Å². The Morgan fingerprint density at radius 2 is 1.14 bits per heavy atom. The van der Waals surface area contributed by atoms with Gasteiger partial charge in [-0.15, -0.1) is 0 Å². The standard InChI is InChI=1S/C32H29BO2/c1-31(2)32(3,4)35-33(34-31)28-13-7-12-27(20-28)29-14-8-11-23-16-18-26(21-30(23)29)25-17-15-22-9-5-6-10-24(22)19-25/h5-21H,1-4H3. The van der Waals surface area contributed by atoms with Crippen LogP contribution in [-0.4, -0.2) is 18.3 Å². The first kappa shape index (κ1) is 22.1. The van der Waals surface area contributed by atoms with Gasteiger partial charge in [0.05, 0.1) is 11.2 Å². The maximum Gasteiger partial charge on any atom is 0.494 e. The van der Waals surface area contributed by atoms with E-state index in [1.807, 2.05) is 0 Å². The minimum atomic E-state index is -0.372. The Kier molecular flexibility index (Phi) is 5.10. The lowest BCUT2D eigenvalue weighted by atomic mass is 9.77. The second kappa shape index (κ2) is 8.08. The average molecular weight is 456 g/mol. The smallest absolute Gasteiger partial charge is 0.399 e. The zero-order chi connectivity index (χ0) is 24.2. The van der Waals surface area contributed by atoms with E-state index in [4.69, 9.17) is 9.31 Å². The van der Waals surface area contributed by atoms with Crippen molar-refractivity contribution in [3.63, 3.8) is 0 Å². The Balaban J connectivity index is 1.43. The summed E-state index contributed by atoms with van der Waals surface area (Å²) in [6.07, 6.45) is 0. The van der Waals surface area contributed by atoms with Crippen LogP contribution in [-0.2, 0) is 9.31 Å². The molecule has 0 aromatic heterocycles. The SMILES string of the molecule is CC1(C)OB(c2cccc(-c3cccc4ccc(-c5ccc6ccccc6c5)cc34)c2)OC1(C)C. The van der Waals surface area contributed by atoms with E-state index in [1.54, 1.807) is 0 Å². The van der Waals surface area contributed by atoms with E-state index in [1.165, 1.54) is 43.8 Å². The van der Waals surface area contributed by atoms with Crippen LogP contribution in [0.5, 0.6) is 0 Å². The fourth-order valence-corrected chi connectivity index (χ4v) is 4.90. The summed E-state index contributed by atoms with van der Waals surface area (Å²) in [6.45, 7) is 8.37. The van der Waals surface area contributed by atoms with Crippen LogP contribution in [0.3, 0.4) is 0 Å². The third-order valence-electron chi connectivity index (χ3n) is 7.69. The molecule has 0 radical (unpaired) electrons. The topological polar surface area (TPSA) is 18.5 Å². The lowest BCUT2D eigenvalue weighted by Crippen LogP contribution is -2.41. The molecule has 0 bridgehead atoms. The minimum Gasteiger partial charge on any atom is -0.399 e. The molecule has 0 saturated carbocycles. The Hall–Kier alpha value is -3.40. The van der Waals surface area contributed by atoms with Crippen LogP contribution in [0.15, 0.2) is 103 Å². The van der Waals surface area contributed by atoms with E-state index < -0.39 is 0 Å². The van der Waals surface area contributed by atoms with E-state index in [2.05, 4.69) is 131 Å². The van der Waals surface area contributed by atoms with Gasteiger partial charge in [-0.1, -0.05) is 91.0 Å². The third-order valence-corrected chi connectivity index (χ3v) is 7.69. The second-order valence-electron chi connectivity index (χ2n) is 10.5. The Morgan fingerprint density at radius 3 is 1.91 bits per heavy atom. The highest BCUT2D eigenvalue weighted by molar-refractivity contribution is 6.62. The molecule has 0 N–H and O–H groups in total. The summed E-state index contributed by atoms with van der Waals surface area (Å²) in [5.74, 6) is 0. The molecule has 0 aliphatic carbocycles. The van der Waals surface area contributed by atoms with Crippen molar-refractivity contribution < 1.29 is 9.31 Å². The second-order valence-corrected chi connectivity index (χ2v) is 10.5. The van der Waals surface area contributed by atoms with Gasteiger partial charge in [-0.05, 0) is 89.1 Å². The quantitative estimate of drug-likeness (QED) is 0.260. The van der Waals surface area contributed by atoms with Crippen LogP contribution >= 0.6 is 0 Å². The predicted octanol–water partition coefficient (Wildman–Crippen LogP) is 7.63. The largest absolute Gasteiger partial charge is 0.494 e. The molecule has 35 heavy (non-hydrogen) atoms. The molecule has 172 valence electrons. The zero-order valence-corrected chi connectivity index (χ0v) is 20.7. The van der Waals surface area contributed by atoms with Crippen molar-refractivity contribution in [2.45, 2.75) is 38.9 Å². The van der Waals surface area contributed by atoms with Crippen molar-refractivity contribution in [2.75, 3.05) is 0 Å². The molecular formula is C32H29BO2. The summed E-state index contributed by atoms with van der Waals surface area (Å²) in [6, 6.07) is 37.1. The molecule has 1 heterocycles. The van der Waals surface area contributed by atoms with E-state index in [0.717, 1.165) is 5.46 Å². The summed E-state index contributed by atoms with van der Waals surface area (Å²) < 4.78 is 12.6. The van der Waals surface area contributed by atoms with Crippen LogP contribution in [0.4, 0.5) is 0 Å². The molecular weight excluding hydrogens is 427 g/mol. The molecule has 0 amide bonds. The van der Waals surface area contributed by atoms with E-state index in [9.17, 15) is 0 Å². The van der Waals surface area contributed by atoms with Crippen LogP contribution in [0.2, 0.25) is 0 Å². The molecule has 1 fully saturated rings. The van der Waals surface area contributed by atoms with E-state index in [0.29, 0.717) is 0 Å². The van der Waals surface area contributed by atoms with Gasteiger partial charge in [0.25, 0.3) is 0 Å². The normalized spacial score (nSPS) is 16.7. The molecule has 0 unspecified atom stereocenters. The lowest BCUT2D eigenvalue weighted by molar-refractivity contribution is 0.00578. The zero-order valence-electron chi connectivity index (χ0n) is 20.7. The summed E-state index contributed by atoms with van der Waals surface area (Å²) in [7, 11) is -0.372. The number of fused-ring (bicyclic) bond motifs is 2. The van der Waals surface area contributed by atoms with Gasteiger partial charge in [0, 0.05) is 0 Å². The summed E-state index contributed by atoms with van der Waals surface area (Å²) in [4.78, 5) is 0. The first-order valence-electron chi connectivity index (χ1n) is 12.3. The molecule has 1 aliphatic heterocycles. The minimum absolute atomic E-state index is 0.359. The summed E-state index contributed by atoms with van der Waals surface area (Å²) in [5.41, 5.74) is 5.15. The van der Waals surface area contributed by atoms with Crippen molar-refractivity contribution >= 4 is 34.1 Å². The Bertz CT molecular complexity index is 1550. The first-order chi connectivity index (χ1) is 16.8. The van der Waals surface area contributed by atoms with Gasteiger partial charge in [-0.3, -0.25) is 0 Å². The molecule has 1 saturated heterocycles. The number of hydrogen-bond donors (Lipinski definition) is 0. The highest BCUT2D eigenvalue weighted by atomic mass is 16.7. The van der Waals surface area contributed by atoms with Gasteiger partial charge in [0.2, 0.25) is 0 Å². The molecule has 5 aromatic carbocycles. The van der Waals surface area contributed by atoms with E-state index in [-0.39, 0.29) is 18.3 Å². The molecule has 5 aromatic rings. The predicted molar refractivity (Wildman–Crippen MR) is 148 cm³/mol. The molecule has 0 atom stereocenters. The number of benzene rings is 5. The highest BCUT2D eigenvalue weighted by Gasteiger charge is 2.51. The first-order valence-corrected chi connectivity index (χ1v) is 12.3. The third kappa shape index (κ3) is 3.85. The Morgan fingerprint density at radius 1 is 0.514 bits per heavy atom. The number of rotatable bonds is 3. The van der Waals surface area contributed by atoms with Crippen LogP contribution in [0, 0.1) is 0 Å². The lowest BCUT2D eigenvalue weighted by Gasteiger charge is -2.32. The molecule has 0 spiro atoms. The van der Waals surface area contributed by atoms with Crippen LogP contribution in [0.25, 0.3) is 43.8 Å². The fourth-order valence-electron chi connectivity index (χ4n) is 4.90. The monoisotopic (exact) mass is 456 g/mol. The molecule has 6 rings (SSSR count). The van der Waals surface area contributed by atoms with Crippen molar-refractivity contribution in [1.82, 2.24) is 0 Å². The fraction of sp³-hybridized carbons (Fsp3) is 0.188. The van der Waals surface area contributed by atoms with Crippen molar-refractivity contribution in [3.8, 4) is 22.3 Å². The number of hydrogen-bond acceptors (Lipinski definition) is 2. The van der Waals surface area contributed by atoms with Gasteiger partial charge in [-0.25, -0.2) is 0 Å². The van der Waals surface area contributed by atoms with Gasteiger partial charge in [0.15, 0.2) is 0 Å². The van der Waals surface area contributed by atoms with Gasteiger partial charge in [0.1, 0.15) is 0 Å². The van der Waals surface area contributed by atoms with Crippen molar-refractivity contribution in [3.05, 3.63) is 103 Å². The Labute approximate surface area is 207 Å². The molecule has 1 aliphatic rings. The van der Waals surface area contributed by atoms with Crippen molar-refractivity contribution in [1.29, 1.82) is 0 Å².